The van der Waals surface area contributed by atoms with Crippen LogP contribution in [0.2, 0.25) is 0 Å². The first kappa shape index (κ1) is 14.0. The van der Waals surface area contributed by atoms with E-state index in [1.165, 1.54) is 0 Å². The molecule has 3 nitrogen and oxygen atoms in total. The van der Waals surface area contributed by atoms with Crippen molar-refractivity contribution < 1.29 is 9.90 Å². The van der Waals surface area contributed by atoms with Crippen LogP contribution in [0.1, 0.15) is 22.3 Å². The maximum Gasteiger partial charge on any atom is 0.255 e. The minimum atomic E-state index is -0.197. The molecular formula is C15H17NO2S. The van der Waals surface area contributed by atoms with Crippen molar-refractivity contribution >= 4 is 17.7 Å². The second-order valence-electron chi connectivity index (χ2n) is 4.44. The predicted molar refractivity (Wildman–Crippen MR) is 78.2 cm³/mol. The highest BCUT2D eigenvalue weighted by Gasteiger charge is 2.25. The molecule has 1 saturated heterocycles. The number of aliphatic hydroxyl groups is 1. The monoisotopic (exact) mass is 275 g/mol. The van der Waals surface area contributed by atoms with Gasteiger partial charge in [-0.15, -0.1) is 0 Å². The molecule has 0 saturated carbocycles. The van der Waals surface area contributed by atoms with Crippen molar-refractivity contribution in [2.45, 2.75) is 12.5 Å². The van der Waals surface area contributed by atoms with E-state index < -0.39 is 0 Å². The Bertz CT molecular complexity index is 512. The van der Waals surface area contributed by atoms with Crippen molar-refractivity contribution in [2.75, 3.05) is 25.2 Å². The summed E-state index contributed by atoms with van der Waals surface area (Å²) in [7, 11) is 1.86. The van der Waals surface area contributed by atoms with Crippen molar-refractivity contribution in [3.63, 3.8) is 0 Å². The second-order valence-corrected chi connectivity index (χ2v) is 5.59. The molecular weight excluding hydrogens is 258 g/mol. The minimum absolute atomic E-state index is 0.00957. The van der Waals surface area contributed by atoms with E-state index in [0.29, 0.717) is 17.2 Å². The third-order valence-corrected chi connectivity index (χ3v) is 4.38. The third-order valence-electron chi connectivity index (χ3n) is 3.23. The van der Waals surface area contributed by atoms with Crippen molar-refractivity contribution in [3.8, 4) is 11.8 Å². The largest absolute Gasteiger partial charge is 0.384 e. The highest BCUT2D eigenvalue weighted by atomic mass is 32.2. The molecule has 1 aromatic carbocycles. The quantitative estimate of drug-likeness (QED) is 0.834. The van der Waals surface area contributed by atoms with Gasteiger partial charge in [-0.2, -0.15) is 11.8 Å². The average Bonchev–Trinajstić information content (AvgIpc) is 2.98. The molecule has 0 aliphatic carbocycles. The lowest BCUT2D eigenvalue weighted by molar-refractivity contribution is 0.0747. The van der Waals surface area contributed by atoms with E-state index in [2.05, 4.69) is 11.8 Å². The number of benzene rings is 1. The van der Waals surface area contributed by atoms with Crippen LogP contribution in [0, 0.1) is 11.8 Å². The fourth-order valence-electron chi connectivity index (χ4n) is 2.10. The zero-order chi connectivity index (χ0) is 13.7. The van der Waals surface area contributed by atoms with Crippen LogP contribution in [-0.2, 0) is 0 Å². The van der Waals surface area contributed by atoms with Gasteiger partial charge in [0.25, 0.3) is 5.91 Å². The summed E-state index contributed by atoms with van der Waals surface area (Å²) in [5.74, 6) is 7.57. The Hall–Kier alpha value is -1.44. The summed E-state index contributed by atoms with van der Waals surface area (Å²) >= 11 is 1.89. The molecule has 0 radical (unpaired) electrons. The van der Waals surface area contributed by atoms with E-state index in [-0.39, 0.29) is 12.5 Å². The van der Waals surface area contributed by atoms with Gasteiger partial charge in [-0.05, 0) is 24.3 Å². The molecule has 1 aliphatic rings. The molecule has 1 amide bonds. The highest BCUT2D eigenvalue weighted by molar-refractivity contribution is 7.99. The molecule has 0 spiro atoms. The van der Waals surface area contributed by atoms with Gasteiger partial charge in [0, 0.05) is 24.4 Å². The van der Waals surface area contributed by atoms with Gasteiger partial charge >= 0.3 is 0 Å². The number of thioether (sulfide) groups is 1. The summed E-state index contributed by atoms with van der Waals surface area (Å²) in [5, 5.41) is 8.77. The summed E-state index contributed by atoms with van der Waals surface area (Å²) in [6.45, 7) is -0.197. The van der Waals surface area contributed by atoms with Crippen molar-refractivity contribution in [1.29, 1.82) is 0 Å². The maximum absolute atomic E-state index is 12.5. The van der Waals surface area contributed by atoms with Gasteiger partial charge in [0.05, 0.1) is 5.56 Å². The third kappa shape index (κ3) is 3.31. The molecule has 19 heavy (non-hydrogen) atoms. The van der Waals surface area contributed by atoms with Crippen LogP contribution in [0.3, 0.4) is 0 Å². The Morgan fingerprint density at radius 2 is 2.32 bits per heavy atom. The van der Waals surface area contributed by atoms with Gasteiger partial charge in [0.1, 0.15) is 6.61 Å². The molecule has 4 heteroatoms. The normalized spacial score (nSPS) is 17.7. The Morgan fingerprint density at radius 3 is 3.00 bits per heavy atom. The molecule has 100 valence electrons. The van der Waals surface area contributed by atoms with Crippen LogP contribution in [0.15, 0.2) is 24.3 Å². The summed E-state index contributed by atoms with van der Waals surface area (Å²) in [5.41, 5.74) is 1.29. The molecule has 1 fully saturated rings. The Kier molecular flexibility index (Phi) is 4.89. The van der Waals surface area contributed by atoms with Crippen LogP contribution in [0.5, 0.6) is 0 Å². The first-order valence-electron chi connectivity index (χ1n) is 6.27. The molecule has 1 N–H and O–H groups in total. The Morgan fingerprint density at radius 1 is 1.53 bits per heavy atom. The molecule has 1 atom stereocenters. The zero-order valence-electron chi connectivity index (χ0n) is 10.9. The number of rotatable bonds is 2. The van der Waals surface area contributed by atoms with Crippen molar-refractivity contribution in [2.24, 2.45) is 0 Å². The standard InChI is InChI=1S/C15H17NO2S/c1-16(13-8-10-19-11-13)15(18)14-7-3-2-5-12(14)6-4-9-17/h2-3,5,7,13,17H,8-11H2,1H3. The fraction of sp³-hybridized carbons (Fsp3) is 0.400. The summed E-state index contributed by atoms with van der Waals surface area (Å²) in [6.07, 6.45) is 1.05. The highest BCUT2D eigenvalue weighted by Crippen LogP contribution is 2.23. The number of nitrogens with zero attached hydrogens (tertiary/aromatic N) is 1. The van der Waals surface area contributed by atoms with Crippen LogP contribution in [0.25, 0.3) is 0 Å². The zero-order valence-corrected chi connectivity index (χ0v) is 11.7. The first-order chi connectivity index (χ1) is 9.24. The summed E-state index contributed by atoms with van der Waals surface area (Å²) in [4.78, 5) is 14.3. The Labute approximate surface area is 118 Å². The molecule has 0 bridgehead atoms. The van der Waals surface area contributed by atoms with E-state index >= 15 is 0 Å². The van der Waals surface area contributed by atoms with E-state index in [4.69, 9.17) is 5.11 Å². The van der Waals surface area contributed by atoms with Crippen molar-refractivity contribution in [3.05, 3.63) is 35.4 Å². The SMILES string of the molecule is CN(C(=O)c1ccccc1C#CCO)C1CCSC1. The number of carbonyl (C=O) groups is 1. The number of hydrogen-bond donors (Lipinski definition) is 1. The van der Waals surface area contributed by atoms with Gasteiger partial charge in [0.2, 0.25) is 0 Å². The molecule has 1 heterocycles. The number of amides is 1. The molecule has 2 rings (SSSR count). The Balaban J connectivity index is 2.22. The predicted octanol–water partition coefficient (Wildman–Crippen LogP) is 1.61. The minimum Gasteiger partial charge on any atom is -0.384 e. The van der Waals surface area contributed by atoms with Gasteiger partial charge in [-0.1, -0.05) is 24.0 Å². The topological polar surface area (TPSA) is 40.5 Å². The lowest BCUT2D eigenvalue weighted by Crippen LogP contribution is -2.37. The number of hydrogen-bond acceptors (Lipinski definition) is 3. The van der Waals surface area contributed by atoms with Crippen LogP contribution in [0.4, 0.5) is 0 Å². The molecule has 0 aromatic heterocycles. The lowest BCUT2D eigenvalue weighted by atomic mass is 10.1. The van der Waals surface area contributed by atoms with Gasteiger partial charge < -0.3 is 10.0 Å². The first-order valence-corrected chi connectivity index (χ1v) is 7.43. The number of aliphatic hydroxyl groups excluding tert-OH is 1. The van der Waals surface area contributed by atoms with Gasteiger partial charge in [0.15, 0.2) is 0 Å². The van der Waals surface area contributed by atoms with E-state index in [0.717, 1.165) is 17.9 Å². The second kappa shape index (κ2) is 6.65. The molecule has 1 unspecified atom stereocenters. The van der Waals surface area contributed by atoms with Crippen molar-refractivity contribution in [1.82, 2.24) is 4.90 Å². The fourth-order valence-corrected chi connectivity index (χ4v) is 3.36. The summed E-state index contributed by atoms with van der Waals surface area (Å²) in [6, 6.07) is 7.62. The van der Waals surface area contributed by atoms with E-state index in [1.807, 2.05) is 41.9 Å². The van der Waals surface area contributed by atoms with E-state index in [1.54, 1.807) is 6.07 Å². The average molecular weight is 275 g/mol. The van der Waals surface area contributed by atoms with Gasteiger partial charge in [-0.3, -0.25) is 4.79 Å². The molecule has 1 aliphatic heterocycles. The smallest absolute Gasteiger partial charge is 0.255 e. The van der Waals surface area contributed by atoms with Crippen LogP contribution in [-0.4, -0.2) is 47.1 Å². The maximum atomic E-state index is 12.5. The van der Waals surface area contributed by atoms with E-state index in [9.17, 15) is 4.79 Å². The number of carbonyl (C=O) groups excluding carboxylic acids is 1. The molecule has 1 aromatic rings. The van der Waals surface area contributed by atoms with Crippen LogP contribution < -0.4 is 0 Å². The van der Waals surface area contributed by atoms with Crippen LogP contribution >= 0.6 is 11.8 Å². The van der Waals surface area contributed by atoms with Gasteiger partial charge in [-0.25, -0.2) is 0 Å². The lowest BCUT2D eigenvalue weighted by Gasteiger charge is -2.24. The summed E-state index contributed by atoms with van der Waals surface area (Å²) < 4.78 is 0.